The molecule has 0 radical (unpaired) electrons. The number of alkyl carbamates (subject to hydrolysis) is 1. The van der Waals surface area contributed by atoms with Gasteiger partial charge >= 0.3 is 12.1 Å². The average Bonchev–Trinajstić information content (AvgIpc) is 2.73. The summed E-state index contributed by atoms with van der Waals surface area (Å²) in [6, 6.07) is 4.54. The van der Waals surface area contributed by atoms with E-state index in [1.165, 1.54) is 24.3 Å². The van der Waals surface area contributed by atoms with Crippen molar-refractivity contribution < 1.29 is 23.5 Å². The Kier molecular flexibility index (Phi) is 4.29. The molecule has 0 saturated carbocycles. The molecule has 1 aliphatic heterocycles. The maximum Gasteiger partial charge on any atom is 0.415 e. The molecule has 0 unspecified atom stereocenters. The highest BCUT2D eigenvalue weighted by Gasteiger charge is 2.31. The number of hydrogen-bond acceptors (Lipinski definition) is 4. The zero-order chi connectivity index (χ0) is 14.5. The summed E-state index contributed by atoms with van der Waals surface area (Å²) in [5.41, 5.74) is 0.361. The summed E-state index contributed by atoms with van der Waals surface area (Å²) in [6.45, 7) is 0.343. The Labute approximate surface area is 114 Å². The lowest BCUT2D eigenvalue weighted by molar-refractivity contribution is -0.135. The van der Waals surface area contributed by atoms with Gasteiger partial charge in [-0.15, -0.1) is 0 Å². The van der Waals surface area contributed by atoms with Crippen molar-refractivity contribution in [3.05, 3.63) is 35.6 Å². The Morgan fingerprint density at radius 2 is 2.00 bits per heavy atom. The lowest BCUT2D eigenvalue weighted by Crippen LogP contribution is -2.31. The highest BCUT2D eigenvalue weighted by molar-refractivity contribution is 5.95. The second-order valence-electron chi connectivity index (χ2n) is 4.31. The van der Waals surface area contributed by atoms with Crippen molar-refractivity contribution in [2.75, 3.05) is 6.54 Å². The number of cyclic esters (lactones) is 2. The topological polar surface area (TPSA) is 84.5 Å². The van der Waals surface area contributed by atoms with Gasteiger partial charge in [0.25, 0.3) is 5.91 Å². The molecule has 20 heavy (non-hydrogen) atoms. The van der Waals surface area contributed by atoms with Gasteiger partial charge in [0.15, 0.2) is 0 Å². The molecule has 0 bridgehead atoms. The van der Waals surface area contributed by atoms with Crippen LogP contribution in [-0.4, -0.2) is 30.6 Å². The van der Waals surface area contributed by atoms with Crippen LogP contribution in [0.2, 0.25) is 0 Å². The fourth-order valence-electron chi connectivity index (χ4n) is 1.79. The summed E-state index contributed by atoms with van der Waals surface area (Å²) in [5.74, 6) is -1.32. The minimum Gasteiger partial charge on any atom is -0.375 e. The predicted octanol–water partition coefficient (Wildman–Crippen LogP) is 0.971. The maximum atomic E-state index is 12.7. The van der Waals surface area contributed by atoms with Crippen LogP contribution in [0.15, 0.2) is 24.3 Å². The average molecular weight is 280 g/mol. The normalized spacial score (nSPS) is 17.6. The van der Waals surface area contributed by atoms with E-state index in [1.807, 2.05) is 0 Å². The first kappa shape index (κ1) is 14.0. The van der Waals surface area contributed by atoms with E-state index in [-0.39, 0.29) is 5.91 Å². The second kappa shape index (κ2) is 6.14. The van der Waals surface area contributed by atoms with Crippen molar-refractivity contribution >= 4 is 18.0 Å². The van der Waals surface area contributed by atoms with E-state index < -0.39 is 23.9 Å². The van der Waals surface area contributed by atoms with Gasteiger partial charge in [0.2, 0.25) is 0 Å². The molecule has 1 heterocycles. The van der Waals surface area contributed by atoms with Gasteiger partial charge in [0, 0.05) is 12.1 Å². The number of carbonyl (C=O) groups excluding carboxylic acids is 3. The third-order valence-electron chi connectivity index (χ3n) is 2.83. The van der Waals surface area contributed by atoms with E-state index >= 15 is 0 Å². The number of carbonyl (C=O) groups is 3. The van der Waals surface area contributed by atoms with E-state index in [2.05, 4.69) is 15.4 Å². The zero-order valence-electron chi connectivity index (χ0n) is 10.5. The number of benzene rings is 1. The van der Waals surface area contributed by atoms with Crippen LogP contribution in [0.1, 0.15) is 23.2 Å². The summed E-state index contributed by atoms with van der Waals surface area (Å²) in [7, 11) is 0. The van der Waals surface area contributed by atoms with E-state index in [9.17, 15) is 18.8 Å². The van der Waals surface area contributed by atoms with Crippen molar-refractivity contribution in [3.8, 4) is 0 Å². The molecule has 1 saturated heterocycles. The molecule has 6 nitrogen and oxygen atoms in total. The van der Waals surface area contributed by atoms with Gasteiger partial charge in [0.05, 0.1) is 0 Å². The number of ether oxygens (including phenoxy) is 1. The van der Waals surface area contributed by atoms with Crippen LogP contribution in [0.4, 0.5) is 9.18 Å². The van der Waals surface area contributed by atoms with Crippen LogP contribution >= 0.6 is 0 Å². The summed E-state index contributed by atoms with van der Waals surface area (Å²) in [5, 5.41) is 5.01. The van der Waals surface area contributed by atoms with Crippen molar-refractivity contribution in [2.45, 2.75) is 18.9 Å². The van der Waals surface area contributed by atoms with E-state index in [1.54, 1.807) is 0 Å². The molecule has 1 aromatic rings. The highest BCUT2D eigenvalue weighted by Crippen LogP contribution is 2.07. The lowest BCUT2D eigenvalue weighted by Gasteiger charge is -2.07. The molecule has 106 valence electrons. The van der Waals surface area contributed by atoms with Crippen LogP contribution in [0.5, 0.6) is 0 Å². The number of halogens is 1. The Balaban J connectivity index is 1.71. The summed E-state index contributed by atoms with van der Waals surface area (Å²) < 4.78 is 17.0. The first-order valence-corrected chi connectivity index (χ1v) is 6.12. The Bertz CT molecular complexity index is 530. The van der Waals surface area contributed by atoms with Gasteiger partial charge in [-0.25, -0.2) is 14.0 Å². The first-order chi connectivity index (χ1) is 9.56. The molecular formula is C13H13FN2O4. The number of esters is 1. The van der Waals surface area contributed by atoms with Crippen LogP contribution < -0.4 is 10.6 Å². The summed E-state index contributed by atoms with van der Waals surface area (Å²) in [6.07, 6.45) is 0.150. The summed E-state index contributed by atoms with van der Waals surface area (Å²) in [4.78, 5) is 33.6. The summed E-state index contributed by atoms with van der Waals surface area (Å²) >= 11 is 0. The number of nitrogens with one attached hydrogen (secondary N) is 2. The van der Waals surface area contributed by atoms with E-state index in [0.29, 0.717) is 24.9 Å². The van der Waals surface area contributed by atoms with Gasteiger partial charge < -0.3 is 15.4 Å². The van der Waals surface area contributed by atoms with Crippen LogP contribution in [-0.2, 0) is 9.53 Å². The molecule has 1 aromatic carbocycles. The van der Waals surface area contributed by atoms with Gasteiger partial charge in [0.1, 0.15) is 11.9 Å². The lowest BCUT2D eigenvalue weighted by atomic mass is 10.1. The Morgan fingerprint density at radius 1 is 1.30 bits per heavy atom. The second-order valence-corrected chi connectivity index (χ2v) is 4.31. The fourth-order valence-corrected chi connectivity index (χ4v) is 1.79. The maximum absolute atomic E-state index is 12.7. The van der Waals surface area contributed by atoms with Crippen molar-refractivity contribution in [2.24, 2.45) is 0 Å². The molecule has 2 rings (SSSR count). The van der Waals surface area contributed by atoms with Gasteiger partial charge in [-0.2, -0.15) is 0 Å². The molecule has 0 aliphatic carbocycles. The number of rotatable bonds is 5. The molecule has 2 amide bonds. The van der Waals surface area contributed by atoms with Crippen LogP contribution in [0.3, 0.4) is 0 Å². The van der Waals surface area contributed by atoms with Gasteiger partial charge in [-0.05, 0) is 37.1 Å². The first-order valence-electron chi connectivity index (χ1n) is 6.12. The largest absolute Gasteiger partial charge is 0.415 e. The monoisotopic (exact) mass is 280 g/mol. The fraction of sp³-hybridized carbons (Fsp3) is 0.308. The molecule has 1 atom stereocenters. The third kappa shape index (κ3) is 3.53. The van der Waals surface area contributed by atoms with Crippen LogP contribution in [0, 0.1) is 5.82 Å². The molecule has 1 aliphatic rings. The van der Waals surface area contributed by atoms with Crippen molar-refractivity contribution in [1.82, 2.24) is 10.6 Å². The molecule has 2 N–H and O–H groups in total. The van der Waals surface area contributed by atoms with Gasteiger partial charge in [-0.3, -0.25) is 4.79 Å². The quantitative estimate of drug-likeness (QED) is 0.478. The SMILES string of the molecule is O=C1N[C@@H](CCCNC(=O)c2ccc(F)cc2)C(=O)O1. The van der Waals surface area contributed by atoms with Crippen molar-refractivity contribution in [1.29, 1.82) is 0 Å². The Hall–Kier alpha value is -2.44. The number of amides is 2. The Morgan fingerprint density at radius 3 is 2.60 bits per heavy atom. The van der Waals surface area contributed by atoms with Crippen molar-refractivity contribution in [3.63, 3.8) is 0 Å². The highest BCUT2D eigenvalue weighted by atomic mass is 19.1. The smallest absolute Gasteiger partial charge is 0.375 e. The van der Waals surface area contributed by atoms with Crippen LogP contribution in [0.25, 0.3) is 0 Å². The molecule has 1 fully saturated rings. The molecule has 0 spiro atoms. The number of hydrogen-bond donors (Lipinski definition) is 2. The predicted molar refractivity (Wildman–Crippen MR) is 66.4 cm³/mol. The zero-order valence-corrected chi connectivity index (χ0v) is 10.5. The standard InChI is InChI=1S/C13H13FN2O4/c14-9-5-3-8(4-6-9)11(17)15-7-1-2-10-12(18)20-13(19)16-10/h3-6,10H,1-2,7H2,(H,15,17)(H,16,19)/t10-/m0/s1. The van der Waals surface area contributed by atoms with E-state index in [4.69, 9.17) is 0 Å². The van der Waals surface area contributed by atoms with Gasteiger partial charge in [-0.1, -0.05) is 0 Å². The minimum absolute atomic E-state index is 0.317. The molecular weight excluding hydrogens is 267 g/mol. The molecule has 7 heteroatoms. The minimum atomic E-state index is -0.740. The molecule has 0 aromatic heterocycles. The third-order valence-corrected chi connectivity index (χ3v) is 2.83. The van der Waals surface area contributed by atoms with E-state index in [0.717, 1.165) is 0 Å².